The zero-order valence-corrected chi connectivity index (χ0v) is 26.2. The summed E-state index contributed by atoms with van der Waals surface area (Å²) in [7, 11) is 0. The van der Waals surface area contributed by atoms with Gasteiger partial charge in [0.2, 0.25) is 5.91 Å². The van der Waals surface area contributed by atoms with Crippen LogP contribution in [0.25, 0.3) is 22.2 Å². The highest BCUT2D eigenvalue weighted by molar-refractivity contribution is 5.91. The second-order valence-corrected chi connectivity index (χ2v) is 13.0. The van der Waals surface area contributed by atoms with Gasteiger partial charge in [0.1, 0.15) is 23.7 Å². The number of carbonyl (C=O) groups excluding carboxylic acids is 3. The van der Waals surface area contributed by atoms with Crippen molar-refractivity contribution in [3.05, 3.63) is 48.3 Å². The van der Waals surface area contributed by atoms with Crippen molar-refractivity contribution in [1.82, 2.24) is 14.9 Å². The number of aromatic amines is 1. The lowest BCUT2D eigenvalue weighted by molar-refractivity contribution is -0.443. The largest absolute Gasteiger partial charge is 0.596 e. The number of nitrogens with one attached hydrogen (secondary N) is 2. The number of fused-ring (bicyclic) bond motifs is 1. The van der Waals surface area contributed by atoms with E-state index in [-0.39, 0.29) is 18.0 Å². The molecule has 3 aromatic rings. The number of likely N-dealkylation sites (tertiary alicyclic amines) is 1. The average Bonchev–Trinajstić information content (AvgIpc) is 3.56. The van der Waals surface area contributed by atoms with E-state index >= 15 is 0 Å². The van der Waals surface area contributed by atoms with Crippen molar-refractivity contribution in [2.24, 2.45) is 0 Å². The van der Waals surface area contributed by atoms with Gasteiger partial charge in [0.05, 0.1) is 17.1 Å². The Kier molecular flexibility index (Phi) is 9.57. The lowest BCUT2D eigenvalue weighted by Crippen LogP contribution is -2.36. The van der Waals surface area contributed by atoms with Crippen molar-refractivity contribution in [3.63, 3.8) is 0 Å². The van der Waals surface area contributed by atoms with Crippen LogP contribution in [-0.4, -0.2) is 68.5 Å². The first-order chi connectivity index (χ1) is 20.2. The zero-order valence-electron chi connectivity index (χ0n) is 26.2. The number of amides is 3. The number of H-pyrrole nitrogens is 1. The summed E-state index contributed by atoms with van der Waals surface area (Å²) in [5, 5.41) is 2.94. The minimum Gasteiger partial charge on any atom is -0.444 e. The molecule has 0 radical (unpaired) electrons. The van der Waals surface area contributed by atoms with Crippen LogP contribution in [0.15, 0.2) is 42.5 Å². The third-order valence-electron chi connectivity index (χ3n) is 6.93. The molecule has 0 aliphatic carbocycles. The molecule has 1 aromatic heterocycles. The Morgan fingerprint density at radius 3 is 2.35 bits per heavy atom. The van der Waals surface area contributed by atoms with E-state index in [0.717, 1.165) is 46.5 Å². The molecule has 10 heteroatoms. The third-order valence-corrected chi connectivity index (χ3v) is 6.93. The summed E-state index contributed by atoms with van der Waals surface area (Å²) < 4.78 is 12.2. The number of unbranched alkanes of at least 4 members (excludes halogenated alkanes) is 1. The molecular formula is C33H44N5O5+. The summed E-state index contributed by atoms with van der Waals surface area (Å²) >= 11 is 0. The number of hydrogen-bond acceptors (Lipinski definition) is 6. The van der Waals surface area contributed by atoms with Gasteiger partial charge in [-0.3, -0.25) is 9.69 Å². The van der Waals surface area contributed by atoms with E-state index in [4.69, 9.17) is 14.5 Å². The van der Waals surface area contributed by atoms with E-state index < -0.39 is 17.3 Å². The number of anilines is 1. The standard InChI is InChI=1S/C33H43N5O5/c1-32(2,3)42-30(40)37(7)19-9-8-12-28(39)34-24-16-13-22(14-17-24)23-15-18-25-26(21-23)36-29(35-25)27-11-10-20-38(27)31(41)43-33(4,5)6/h13-18,21,27H,7-12,19-20H2,1-6H3,(H-,34,35,36,39)/p+1. The van der Waals surface area contributed by atoms with Gasteiger partial charge in [-0.1, -0.05) is 18.2 Å². The Morgan fingerprint density at radius 1 is 1.00 bits per heavy atom. The molecule has 1 unspecified atom stereocenters. The number of benzene rings is 2. The first-order valence-corrected chi connectivity index (χ1v) is 14.9. The fourth-order valence-corrected chi connectivity index (χ4v) is 4.93. The Bertz CT molecular complexity index is 1480. The van der Waals surface area contributed by atoms with Crippen molar-refractivity contribution in [3.8, 4) is 11.1 Å². The van der Waals surface area contributed by atoms with Crippen molar-refractivity contribution in [2.45, 2.75) is 90.9 Å². The summed E-state index contributed by atoms with van der Waals surface area (Å²) in [6.07, 6.45) is 2.56. The molecule has 1 saturated heterocycles. The molecule has 10 nitrogen and oxygen atoms in total. The molecular weight excluding hydrogens is 546 g/mol. The molecule has 3 amide bonds. The van der Waals surface area contributed by atoms with Gasteiger partial charge in [0, 0.05) is 25.1 Å². The maximum atomic E-state index is 12.8. The van der Waals surface area contributed by atoms with Crippen LogP contribution in [0, 0.1) is 0 Å². The Hall–Kier alpha value is -4.21. The van der Waals surface area contributed by atoms with Crippen molar-refractivity contribution >= 4 is 41.5 Å². The zero-order chi connectivity index (χ0) is 31.4. The SMILES string of the molecule is C=[N+](CCCCC(=O)Nc1ccc(-c2ccc3nc(C4CCCN4C(=O)OC(C)(C)C)[nH]c3c2)cc1)C(=O)OC(C)(C)C. The highest BCUT2D eigenvalue weighted by Crippen LogP contribution is 2.33. The van der Waals surface area contributed by atoms with Gasteiger partial charge in [0.25, 0.3) is 0 Å². The van der Waals surface area contributed by atoms with Crippen LogP contribution < -0.4 is 5.32 Å². The van der Waals surface area contributed by atoms with Crippen LogP contribution in [-0.2, 0) is 14.3 Å². The number of aromatic nitrogens is 2. The first-order valence-electron chi connectivity index (χ1n) is 14.9. The fourth-order valence-electron chi connectivity index (χ4n) is 4.93. The molecule has 2 N–H and O–H groups in total. The maximum Gasteiger partial charge on any atom is 0.596 e. The van der Waals surface area contributed by atoms with Crippen LogP contribution in [0.1, 0.15) is 85.5 Å². The molecule has 1 atom stereocenters. The van der Waals surface area contributed by atoms with Crippen LogP contribution in [0.3, 0.4) is 0 Å². The highest BCUT2D eigenvalue weighted by Gasteiger charge is 2.35. The predicted octanol–water partition coefficient (Wildman–Crippen LogP) is 7.06. The first kappa shape index (κ1) is 31.7. The van der Waals surface area contributed by atoms with E-state index in [0.29, 0.717) is 32.4 Å². The lowest BCUT2D eigenvalue weighted by Gasteiger charge is -2.27. The number of ether oxygens (including phenoxy) is 2. The normalized spacial score (nSPS) is 15.4. The van der Waals surface area contributed by atoms with Crippen LogP contribution >= 0.6 is 0 Å². The van der Waals surface area contributed by atoms with Gasteiger partial charge in [-0.15, -0.1) is 4.58 Å². The Balaban J connectivity index is 1.31. The van der Waals surface area contributed by atoms with Crippen LogP contribution in [0.5, 0.6) is 0 Å². The summed E-state index contributed by atoms with van der Waals surface area (Å²) in [6.45, 7) is 15.8. The smallest absolute Gasteiger partial charge is 0.444 e. The quantitative estimate of drug-likeness (QED) is 0.165. The molecule has 2 aromatic carbocycles. The maximum absolute atomic E-state index is 12.8. The molecule has 0 spiro atoms. The van der Waals surface area contributed by atoms with Gasteiger partial charge >= 0.3 is 12.2 Å². The monoisotopic (exact) mass is 590 g/mol. The molecule has 43 heavy (non-hydrogen) atoms. The van der Waals surface area contributed by atoms with Gasteiger partial charge in [0.15, 0.2) is 6.54 Å². The lowest BCUT2D eigenvalue weighted by atomic mass is 10.0. The van der Waals surface area contributed by atoms with Crippen molar-refractivity contribution in [1.29, 1.82) is 0 Å². The molecule has 2 heterocycles. The van der Waals surface area contributed by atoms with Gasteiger partial charge in [-0.05, 0) is 96.2 Å². The third kappa shape index (κ3) is 8.89. The molecule has 230 valence electrons. The minimum atomic E-state index is -0.569. The molecule has 0 saturated carbocycles. The summed E-state index contributed by atoms with van der Waals surface area (Å²) in [4.78, 5) is 47.2. The van der Waals surface area contributed by atoms with E-state index in [9.17, 15) is 14.4 Å². The van der Waals surface area contributed by atoms with Crippen LogP contribution in [0.4, 0.5) is 15.3 Å². The molecule has 4 rings (SSSR count). The fraction of sp³-hybridized carbons (Fsp3) is 0.485. The molecule has 1 fully saturated rings. The topological polar surface area (TPSA) is 117 Å². The molecule has 1 aliphatic rings. The highest BCUT2D eigenvalue weighted by atomic mass is 16.6. The average molecular weight is 591 g/mol. The van der Waals surface area contributed by atoms with Crippen LogP contribution in [0.2, 0.25) is 0 Å². The molecule has 1 aliphatic heterocycles. The van der Waals surface area contributed by atoms with Gasteiger partial charge < -0.3 is 19.8 Å². The number of nitrogens with zero attached hydrogens (tertiary/aromatic N) is 3. The van der Waals surface area contributed by atoms with Crippen molar-refractivity contribution in [2.75, 3.05) is 18.4 Å². The number of hydrogen-bond donors (Lipinski definition) is 2. The molecule has 0 bridgehead atoms. The summed E-state index contributed by atoms with van der Waals surface area (Å²) in [6, 6.07) is 13.6. The van der Waals surface area contributed by atoms with Crippen molar-refractivity contribution < 1.29 is 28.4 Å². The second-order valence-electron chi connectivity index (χ2n) is 13.0. The Morgan fingerprint density at radius 2 is 1.67 bits per heavy atom. The predicted molar refractivity (Wildman–Crippen MR) is 167 cm³/mol. The van der Waals surface area contributed by atoms with E-state index in [1.54, 1.807) is 4.90 Å². The van der Waals surface area contributed by atoms with E-state index in [1.807, 2.05) is 77.9 Å². The number of imidazole rings is 1. The Labute approximate surface area is 253 Å². The number of carbonyl (C=O) groups is 3. The second kappa shape index (κ2) is 13.0. The van der Waals surface area contributed by atoms with E-state index in [2.05, 4.69) is 23.1 Å². The number of rotatable bonds is 8. The minimum absolute atomic E-state index is 0.0839. The summed E-state index contributed by atoms with van der Waals surface area (Å²) in [5.41, 5.74) is 3.35. The summed E-state index contributed by atoms with van der Waals surface area (Å²) in [5.74, 6) is 0.681. The van der Waals surface area contributed by atoms with Gasteiger partial charge in [-0.2, -0.15) is 4.79 Å². The van der Waals surface area contributed by atoms with E-state index in [1.165, 1.54) is 4.58 Å². The van der Waals surface area contributed by atoms with Gasteiger partial charge in [-0.25, -0.2) is 9.78 Å².